The summed E-state index contributed by atoms with van der Waals surface area (Å²) in [5.41, 5.74) is 1.90. The molecule has 154 valence electrons. The Hall–Kier alpha value is -3.23. The molecule has 1 saturated carbocycles. The SMILES string of the molecule is O=C(NCc1cccc(NC(=O)C2CC2)c1)Nc1ccc(OCC(F)(F)F)cc1. The van der Waals surface area contributed by atoms with E-state index in [4.69, 9.17) is 0 Å². The molecule has 0 bridgehead atoms. The molecule has 2 aromatic carbocycles. The largest absolute Gasteiger partial charge is 0.484 e. The number of alkyl halides is 3. The van der Waals surface area contributed by atoms with Crippen molar-refractivity contribution in [3.63, 3.8) is 0 Å². The quantitative estimate of drug-likeness (QED) is 0.640. The van der Waals surface area contributed by atoms with E-state index in [-0.39, 0.29) is 24.1 Å². The third-order valence-corrected chi connectivity index (χ3v) is 4.11. The van der Waals surface area contributed by atoms with E-state index in [0.29, 0.717) is 11.4 Å². The first-order valence-corrected chi connectivity index (χ1v) is 9.03. The molecule has 0 aromatic heterocycles. The van der Waals surface area contributed by atoms with Crippen molar-refractivity contribution < 1.29 is 27.5 Å². The van der Waals surface area contributed by atoms with Gasteiger partial charge in [0.15, 0.2) is 6.61 Å². The molecule has 1 fully saturated rings. The maximum absolute atomic E-state index is 12.1. The Morgan fingerprint density at radius 1 is 1.00 bits per heavy atom. The van der Waals surface area contributed by atoms with E-state index in [0.717, 1.165) is 18.4 Å². The molecule has 0 aliphatic heterocycles. The number of benzene rings is 2. The van der Waals surface area contributed by atoms with Gasteiger partial charge in [-0.15, -0.1) is 0 Å². The summed E-state index contributed by atoms with van der Waals surface area (Å²) in [5.74, 6) is 0.168. The van der Waals surface area contributed by atoms with Gasteiger partial charge in [-0.3, -0.25) is 4.79 Å². The van der Waals surface area contributed by atoms with Gasteiger partial charge < -0.3 is 20.7 Å². The molecule has 0 unspecified atom stereocenters. The highest BCUT2D eigenvalue weighted by Crippen LogP contribution is 2.30. The van der Waals surface area contributed by atoms with Gasteiger partial charge in [0.2, 0.25) is 5.91 Å². The number of halogens is 3. The van der Waals surface area contributed by atoms with Crippen molar-refractivity contribution >= 4 is 23.3 Å². The molecule has 0 atom stereocenters. The minimum atomic E-state index is -4.41. The number of urea groups is 1. The zero-order valence-electron chi connectivity index (χ0n) is 15.4. The molecular formula is C20H20F3N3O3. The fourth-order valence-electron chi connectivity index (χ4n) is 2.51. The summed E-state index contributed by atoms with van der Waals surface area (Å²) in [7, 11) is 0. The molecule has 0 heterocycles. The Labute approximate surface area is 165 Å². The van der Waals surface area contributed by atoms with Gasteiger partial charge in [0.1, 0.15) is 5.75 Å². The van der Waals surface area contributed by atoms with Crippen LogP contribution in [0.2, 0.25) is 0 Å². The van der Waals surface area contributed by atoms with Crippen LogP contribution in [-0.2, 0) is 11.3 Å². The van der Waals surface area contributed by atoms with Crippen LogP contribution in [0.1, 0.15) is 18.4 Å². The minimum absolute atomic E-state index is 0.00973. The fraction of sp³-hybridized carbons (Fsp3) is 0.300. The van der Waals surface area contributed by atoms with Gasteiger partial charge in [-0.25, -0.2) is 4.79 Å². The highest BCUT2D eigenvalue weighted by Gasteiger charge is 2.29. The van der Waals surface area contributed by atoms with Crippen LogP contribution in [0.15, 0.2) is 48.5 Å². The number of rotatable bonds is 7. The third-order valence-electron chi connectivity index (χ3n) is 4.11. The summed E-state index contributed by atoms with van der Waals surface area (Å²) in [6.07, 6.45) is -2.57. The Morgan fingerprint density at radius 2 is 1.72 bits per heavy atom. The Bertz CT molecular complexity index is 865. The third kappa shape index (κ3) is 7.02. The average Bonchev–Trinajstić information content (AvgIpc) is 3.51. The summed E-state index contributed by atoms with van der Waals surface area (Å²) in [6.45, 7) is -1.13. The van der Waals surface area contributed by atoms with E-state index < -0.39 is 18.8 Å². The van der Waals surface area contributed by atoms with Crippen molar-refractivity contribution in [3.05, 3.63) is 54.1 Å². The first-order valence-electron chi connectivity index (χ1n) is 9.03. The summed E-state index contributed by atoms with van der Waals surface area (Å²) >= 11 is 0. The molecule has 9 heteroatoms. The molecule has 29 heavy (non-hydrogen) atoms. The highest BCUT2D eigenvalue weighted by molar-refractivity contribution is 5.94. The summed E-state index contributed by atoms with van der Waals surface area (Å²) in [6, 6.07) is 12.3. The second-order valence-corrected chi connectivity index (χ2v) is 6.70. The fourth-order valence-corrected chi connectivity index (χ4v) is 2.51. The lowest BCUT2D eigenvalue weighted by Crippen LogP contribution is -2.28. The van der Waals surface area contributed by atoms with Crippen molar-refractivity contribution in [3.8, 4) is 5.75 Å². The number of ether oxygens (including phenoxy) is 1. The zero-order valence-corrected chi connectivity index (χ0v) is 15.4. The van der Waals surface area contributed by atoms with Crippen molar-refractivity contribution in [1.82, 2.24) is 5.32 Å². The van der Waals surface area contributed by atoms with Gasteiger partial charge in [0.25, 0.3) is 0 Å². The molecular weight excluding hydrogens is 387 g/mol. The van der Waals surface area contributed by atoms with Crippen LogP contribution in [0, 0.1) is 5.92 Å². The molecule has 0 saturated heterocycles. The van der Waals surface area contributed by atoms with Gasteiger partial charge in [-0.05, 0) is 54.8 Å². The van der Waals surface area contributed by atoms with Gasteiger partial charge in [0.05, 0.1) is 0 Å². The minimum Gasteiger partial charge on any atom is -0.484 e. The van der Waals surface area contributed by atoms with Crippen LogP contribution in [0.25, 0.3) is 0 Å². The first-order chi connectivity index (χ1) is 13.8. The van der Waals surface area contributed by atoms with Gasteiger partial charge >= 0.3 is 12.2 Å². The number of hydrogen-bond acceptors (Lipinski definition) is 3. The van der Waals surface area contributed by atoms with Gasteiger partial charge in [-0.2, -0.15) is 13.2 Å². The van der Waals surface area contributed by atoms with E-state index in [2.05, 4.69) is 20.7 Å². The number of carbonyl (C=O) groups is 2. The molecule has 3 N–H and O–H groups in total. The molecule has 2 aromatic rings. The number of amides is 3. The van der Waals surface area contributed by atoms with Gasteiger partial charge in [0, 0.05) is 23.8 Å². The lowest BCUT2D eigenvalue weighted by Gasteiger charge is -2.11. The molecule has 0 radical (unpaired) electrons. The van der Waals surface area contributed by atoms with E-state index in [1.54, 1.807) is 18.2 Å². The summed E-state index contributed by atoms with van der Waals surface area (Å²) in [4.78, 5) is 23.8. The van der Waals surface area contributed by atoms with Crippen LogP contribution in [0.5, 0.6) is 5.75 Å². The second-order valence-electron chi connectivity index (χ2n) is 6.70. The Balaban J connectivity index is 1.45. The number of hydrogen-bond donors (Lipinski definition) is 3. The van der Waals surface area contributed by atoms with E-state index in [9.17, 15) is 22.8 Å². The van der Waals surface area contributed by atoms with Crippen molar-refractivity contribution in [2.45, 2.75) is 25.6 Å². The average molecular weight is 407 g/mol. The lowest BCUT2D eigenvalue weighted by atomic mass is 10.2. The predicted octanol–water partition coefficient (Wildman–Crippen LogP) is 4.30. The normalized spacial score (nSPS) is 13.5. The highest BCUT2D eigenvalue weighted by atomic mass is 19.4. The number of carbonyl (C=O) groups excluding carboxylic acids is 2. The van der Waals surface area contributed by atoms with Crippen LogP contribution in [0.3, 0.4) is 0 Å². The lowest BCUT2D eigenvalue weighted by molar-refractivity contribution is -0.153. The number of anilines is 2. The number of nitrogens with one attached hydrogen (secondary N) is 3. The summed E-state index contributed by atoms with van der Waals surface area (Å²) in [5, 5.41) is 8.11. The van der Waals surface area contributed by atoms with Crippen LogP contribution >= 0.6 is 0 Å². The van der Waals surface area contributed by atoms with E-state index >= 15 is 0 Å². The van der Waals surface area contributed by atoms with Gasteiger partial charge in [-0.1, -0.05) is 12.1 Å². The monoisotopic (exact) mass is 407 g/mol. The molecule has 6 nitrogen and oxygen atoms in total. The Morgan fingerprint density at radius 3 is 2.38 bits per heavy atom. The topological polar surface area (TPSA) is 79.5 Å². The van der Waals surface area contributed by atoms with Crippen LogP contribution in [0.4, 0.5) is 29.3 Å². The maximum atomic E-state index is 12.1. The van der Waals surface area contributed by atoms with E-state index in [1.807, 2.05) is 6.07 Å². The zero-order chi connectivity index (χ0) is 20.9. The summed E-state index contributed by atoms with van der Waals surface area (Å²) < 4.78 is 41.0. The van der Waals surface area contributed by atoms with E-state index in [1.165, 1.54) is 24.3 Å². The Kier molecular flexibility index (Phi) is 6.26. The molecule has 1 aliphatic carbocycles. The second kappa shape index (κ2) is 8.85. The first kappa shape index (κ1) is 20.5. The van der Waals surface area contributed by atoms with Crippen molar-refractivity contribution in [2.24, 2.45) is 5.92 Å². The van der Waals surface area contributed by atoms with Crippen molar-refractivity contribution in [1.29, 1.82) is 0 Å². The maximum Gasteiger partial charge on any atom is 0.422 e. The molecule has 1 aliphatic rings. The van der Waals surface area contributed by atoms with Crippen LogP contribution < -0.4 is 20.7 Å². The van der Waals surface area contributed by atoms with Crippen LogP contribution in [-0.4, -0.2) is 24.7 Å². The molecule has 3 rings (SSSR count). The predicted molar refractivity (Wildman–Crippen MR) is 102 cm³/mol. The molecule has 3 amide bonds. The standard InChI is InChI=1S/C20H20F3N3O3/c21-20(22,23)12-29-17-8-6-15(7-9-17)26-19(28)24-11-13-2-1-3-16(10-13)25-18(27)14-4-5-14/h1-3,6-10,14H,4-5,11-12H2,(H,25,27)(H2,24,26,28). The molecule has 0 spiro atoms. The van der Waals surface area contributed by atoms with Crippen molar-refractivity contribution in [2.75, 3.05) is 17.2 Å². The smallest absolute Gasteiger partial charge is 0.422 e.